The molecule has 0 spiro atoms. The van der Waals surface area contributed by atoms with E-state index in [1.54, 1.807) is 11.3 Å². The van der Waals surface area contributed by atoms with Crippen LogP contribution in [0.2, 0.25) is 0 Å². The van der Waals surface area contributed by atoms with Crippen molar-refractivity contribution in [2.45, 2.75) is 20.3 Å². The Kier molecular flexibility index (Phi) is 4.53. The minimum atomic E-state index is -0.102. The molecule has 1 amide bonds. The lowest BCUT2D eigenvalue weighted by Gasteiger charge is -2.06. The van der Waals surface area contributed by atoms with Crippen molar-refractivity contribution in [1.29, 1.82) is 0 Å². The normalized spacial score (nSPS) is 10.5. The molecule has 3 nitrogen and oxygen atoms in total. The molecule has 23 heavy (non-hydrogen) atoms. The SMILES string of the molecule is CCc1ccc(NC(=O)c2ccc(-c3csc(C)n3)cc2)cc1. The number of anilines is 1. The van der Waals surface area contributed by atoms with Crippen LogP contribution >= 0.6 is 11.3 Å². The number of nitrogens with one attached hydrogen (secondary N) is 1. The number of carbonyl (C=O) groups is 1. The van der Waals surface area contributed by atoms with Crippen LogP contribution in [0.4, 0.5) is 5.69 Å². The van der Waals surface area contributed by atoms with E-state index in [1.807, 2.05) is 60.8 Å². The number of hydrogen-bond acceptors (Lipinski definition) is 3. The van der Waals surface area contributed by atoms with Gasteiger partial charge in [-0.3, -0.25) is 4.79 Å². The molecule has 0 aliphatic heterocycles. The van der Waals surface area contributed by atoms with Crippen molar-refractivity contribution in [2.75, 3.05) is 5.32 Å². The summed E-state index contributed by atoms with van der Waals surface area (Å²) in [4.78, 5) is 16.8. The molecule has 0 radical (unpaired) electrons. The average Bonchev–Trinajstić information content (AvgIpc) is 3.02. The van der Waals surface area contributed by atoms with Gasteiger partial charge in [0.15, 0.2) is 0 Å². The molecule has 0 fully saturated rings. The Balaban J connectivity index is 1.72. The van der Waals surface area contributed by atoms with Crippen LogP contribution in [0.1, 0.15) is 27.9 Å². The largest absolute Gasteiger partial charge is 0.322 e. The first-order valence-electron chi connectivity index (χ1n) is 7.58. The van der Waals surface area contributed by atoms with Crippen LogP contribution in [0.25, 0.3) is 11.3 Å². The van der Waals surface area contributed by atoms with E-state index in [4.69, 9.17) is 0 Å². The minimum Gasteiger partial charge on any atom is -0.322 e. The number of rotatable bonds is 4. The third-order valence-corrected chi connectivity index (χ3v) is 4.46. The van der Waals surface area contributed by atoms with Gasteiger partial charge in [0.2, 0.25) is 0 Å². The molecule has 1 aromatic heterocycles. The molecule has 0 saturated carbocycles. The maximum absolute atomic E-state index is 12.3. The van der Waals surface area contributed by atoms with Crippen molar-refractivity contribution in [3.8, 4) is 11.3 Å². The standard InChI is InChI=1S/C19H18N2OS/c1-3-14-4-10-17(11-5-14)21-19(22)16-8-6-15(7-9-16)18-12-23-13(2)20-18/h4-12H,3H2,1-2H3,(H,21,22). The van der Waals surface area contributed by atoms with E-state index in [1.165, 1.54) is 5.56 Å². The molecule has 116 valence electrons. The van der Waals surface area contributed by atoms with E-state index >= 15 is 0 Å². The van der Waals surface area contributed by atoms with E-state index in [9.17, 15) is 4.79 Å². The number of hydrogen-bond donors (Lipinski definition) is 1. The van der Waals surface area contributed by atoms with Gasteiger partial charge in [-0.15, -0.1) is 11.3 Å². The number of nitrogens with zero attached hydrogens (tertiary/aromatic N) is 1. The molecule has 2 aromatic carbocycles. The zero-order chi connectivity index (χ0) is 16.2. The highest BCUT2D eigenvalue weighted by atomic mass is 32.1. The van der Waals surface area contributed by atoms with E-state index in [2.05, 4.69) is 17.2 Å². The molecule has 1 heterocycles. The van der Waals surface area contributed by atoms with Gasteiger partial charge in [-0.25, -0.2) is 4.98 Å². The summed E-state index contributed by atoms with van der Waals surface area (Å²) in [6, 6.07) is 15.5. The molecule has 3 rings (SSSR count). The fraction of sp³-hybridized carbons (Fsp3) is 0.158. The highest BCUT2D eigenvalue weighted by molar-refractivity contribution is 7.09. The summed E-state index contributed by atoms with van der Waals surface area (Å²) in [6.07, 6.45) is 0.992. The molecule has 4 heteroatoms. The molecule has 0 aliphatic rings. The second kappa shape index (κ2) is 6.75. The predicted octanol–water partition coefficient (Wildman–Crippen LogP) is 4.93. The molecular formula is C19H18N2OS. The van der Waals surface area contributed by atoms with E-state index in [0.717, 1.165) is 28.4 Å². The monoisotopic (exact) mass is 322 g/mol. The van der Waals surface area contributed by atoms with Crippen LogP contribution in [0, 0.1) is 6.92 Å². The van der Waals surface area contributed by atoms with Crippen LogP contribution in [0.15, 0.2) is 53.9 Å². The van der Waals surface area contributed by atoms with E-state index < -0.39 is 0 Å². The fourth-order valence-electron chi connectivity index (χ4n) is 2.32. The van der Waals surface area contributed by atoms with Gasteiger partial charge < -0.3 is 5.32 Å². The Morgan fingerprint density at radius 3 is 2.35 bits per heavy atom. The maximum Gasteiger partial charge on any atom is 0.255 e. The zero-order valence-electron chi connectivity index (χ0n) is 13.2. The Morgan fingerprint density at radius 2 is 1.78 bits per heavy atom. The van der Waals surface area contributed by atoms with Crippen molar-refractivity contribution in [1.82, 2.24) is 4.98 Å². The number of aryl methyl sites for hydroxylation is 2. The summed E-state index contributed by atoms with van der Waals surface area (Å²) < 4.78 is 0. The lowest BCUT2D eigenvalue weighted by Crippen LogP contribution is -2.11. The fourth-order valence-corrected chi connectivity index (χ4v) is 2.94. The molecule has 0 saturated heterocycles. The molecule has 3 aromatic rings. The summed E-state index contributed by atoms with van der Waals surface area (Å²) in [6.45, 7) is 4.10. The number of amides is 1. The molecule has 0 bridgehead atoms. The maximum atomic E-state index is 12.3. The molecule has 0 aliphatic carbocycles. The lowest BCUT2D eigenvalue weighted by atomic mass is 10.1. The third kappa shape index (κ3) is 3.66. The van der Waals surface area contributed by atoms with Crippen molar-refractivity contribution in [2.24, 2.45) is 0 Å². The van der Waals surface area contributed by atoms with Gasteiger partial charge >= 0.3 is 0 Å². The molecule has 0 unspecified atom stereocenters. The predicted molar refractivity (Wildman–Crippen MR) is 96.1 cm³/mol. The van der Waals surface area contributed by atoms with Crippen molar-refractivity contribution in [3.63, 3.8) is 0 Å². The smallest absolute Gasteiger partial charge is 0.255 e. The van der Waals surface area contributed by atoms with Gasteiger partial charge in [0.05, 0.1) is 10.7 Å². The first-order chi connectivity index (χ1) is 11.2. The Hall–Kier alpha value is -2.46. The second-order valence-corrected chi connectivity index (χ2v) is 6.40. The number of carbonyl (C=O) groups excluding carboxylic acids is 1. The van der Waals surface area contributed by atoms with Gasteiger partial charge in [0.1, 0.15) is 0 Å². The van der Waals surface area contributed by atoms with Crippen molar-refractivity contribution >= 4 is 22.9 Å². The first kappa shape index (κ1) is 15.4. The van der Waals surface area contributed by atoms with Gasteiger partial charge in [0.25, 0.3) is 5.91 Å². The van der Waals surface area contributed by atoms with Crippen molar-refractivity contribution < 1.29 is 4.79 Å². The Morgan fingerprint density at radius 1 is 1.09 bits per heavy atom. The van der Waals surface area contributed by atoms with Crippen LogP contribution in [-0.2, 0) is 6.42 Å². The average molecular weight is 322 g/mol. The van der Waals surface area contributed by atoms with Gasteiger partial charge in [-0.2, -0.15) is 0 Å². The lowest BCUT2D eigenvalue weighted by molar-refractivity contribution is 0.102. The van der Waals surface area contributed by atoms with Gasteiger partial charge in [-0.05, 0) is 43.2 Å². The Bertz CT molecular complexity index is 804. The van der Waals surface area contributed by atoms with Crippen LogP contribution in [0.5, 0.6) is 0 Å². The molecule has 0 atom stereocenters. The highest BCUT2D eigenvalue weighted by Gasteiger charge is 2.08. The van der Waals surface area contributed by atoms with Gasteiger partial charge in [-0.1, -0.05) is 31.2 Å². The van der Waals surface area contributed by atoms with Crippen LogP contribution in [-0.4, -0.2) is 10.9 Å². The summed E-state index contributed by atoms with van der Waals surface area (Å²) in [7, 11) is 0. The Labute approximate surface area is 140 Å². The van der Waals surface area contributed by atoms with Crippen molar-refractivity contribution in [3.05, 3.63) is 70.0 Å². The summed E-state index contributed by atoms with van der Waals surface area (Å²) in [5.41, 5.74) is 4.69. The minimum absolute atomic E-state index is 0.102. The first-order valence-corrected chi connectivity index (χ1v) is 8.46. The van der Waals surface area contributed by atoms with E-state index in [0.29, 0.717) is 5.56 Å². The quantitative estimate of drug-likeness (QED) is 0.739. The second-order valence-electron chi connectivity index (χ2n) is 5.33. The summed E-state index contributed by atoms with van der Waals surface area (Å²) in [5, 5.41) is 5.99. The molecule has 1 N–H and O–H groups in total. The topological polar surface area (TPSA) is 42.0 Å². The van der Waals surface area contributed by atoms with Crippen LogP contribution in [0.3, 0.4) is 0 Å². The van der Waals surface area contributed by atoms with E-state index in [-0.39, 0.29) is 5.91 Å². The summed E-state index contributed by atoms with van der Waals surface area (Å²) in [5.74, 6) is -0.102. The number of aromatic nitrogens is 1. The number of thiazole rings is 1. The molecular weight excluding hydrogens is 304 g/mol. The van der Waals surface area contributed by atoms with Gasteiger partial charge in [0, 0.05) is 22.2 Å². The van der Waals surface area contributed by atoms with Crippen LogP contribution < -0.4 is 5.32 Å². The third-order valence-electron chi connectivity index (χ3n) is 3.68. The highest BCUT2D eigenvalue weighted by Crippen LogP contribution is 2.22. The summed E-state index contributed by atoms with van der Waals surface area (Å²) >= 11 is 1.62. The number of benzene rings is 2. The zero-order valence-corrected chi connectivity index (χ0v) is 14.0.